The van der Waals surface area contributed by atoms with Gasteiger partial charge in [0.25, 0.3) is 11.5 Å². The van der Waals surface area contributed by atoms with Crippen LogP contribution < -0.4 is 10.9 Å². The fourth-order valence-corrected chi connectivity index (χ4v) is 2.62. The van der Waals surface area contributed by atoms with Gasteiger partial charge in [0.05, 0.1) is 0 Å². The van der Waals surface area contributed by atoms with Crippen LogP contribution in [0.4, 0.5) is 0 Å². The van der Waals surface area contributed by atoms with Crippen LogP contribution in [0.2, 0.25) is 0 Å². The smallest absolute Gasteiger partial charge is 0.251 e. The number of rotatable bonds is 11. The molecule has 2 rings (SSSR count). The molecule has 0 aliphatic carbocycles. The van der Waals surface area contributed by atoms with Crippen LogP contribution in [0, 0.1) is 0 Å². The van der Waals surface area contributed by atoms with Gasteiger partial charge in [0.1, 0.15) is 0 Å². The fourth-order valence-electron chi connectivity index (χ4n) is 2.62. The second kappa shape index (κ2) is 11.1. The van der Waals surface area contributed by atoms with Gasteiger partial charge in [-0.1, -0.05) is 49.7 Å². The monoisotopic (exact) mass is 370 g/mol. The zero-order valence-electron chi connectivity index (χ0n) is 15.6. The van der Waals surface area contributed by atoms with Crippen molar-refractivity contribution >= 4 is 11.7 Å². The molecule has 0 aliphatic heterocycles. The minimum absolute atomic E-state index is 0.380. The molecule has 1 aromatic heterocycles. The Kier molecular flexibility index (Phi) is 8.45. The van der Waals surface area contributed by atoms with E-state index in [9.17, 15) is 14.4 Å². The Morgan fingerprint density at radius 3 is 2.44 bits per heavy atom. The van der Waals surface area contributed by atoms with Crippen molar-refractivity contribution in [3.8, 4) is 0 Å². The number of benzene rings is 1. The molecular weight excluding hydrogens is 344 g/mol. The predicted octanol–water partition coefficient (Wildman–Crippen LogP) is 2.60. The van der Waals surface area contributed by atoms with Crippen molar-refractivity contribution in [3.05, 3.63) is 70.6 Å². The molecule has 27 heavy (non-hydrogen) atoms. The van der Waals surface area contributed by atoms with Gasteiger partial charge >= 0.3 is 0 Å². The third-order valence-corrected chi connectivity index (χ3v) is 4.09. The van der Waals surface area contributed by atoms with Gasteiger partial charge in [0, 0.05) is 37.6 Å². The molecule has 0 aliphatic rings. The molecule has 0 saturated carbocycles. The first-order valence-corrected chi connectivity index (χ1v) is 9.27. The first-order valence-electron chi connectivity index (χ1n) is 9.27. The van der Waals surface area contributed by atoms with Crippen molar-refractivity contribution in [2.45, 2.75) is 32.2 Å². The molecule has 1 N–H and O–H groups in total. The van der Waals surface area contributed by atoms with Crippen molar-refractivity contribution in [1.29, 1.82) is 0 Å². The summed E-state index contributed by atoms with van der Waals surface area (Å²) < 4.78 is 6.63. The van der Waals surface area contributed by atoms with Crippen molar-refractivity contribution in [2.75, 3.05) is 19.8 Å². The maximum Gasteiger partial charge on any atom is 0.251 e. The molecule has 144 valence electrons. The maximum atomic E-state index is 12.9. The average Bonchev–Trinajstić information content (AvgIpc) is 2.69. The van der Waals surface area contributed by atoms with Crippen LogP contribution >= 0.6 is 0 Å². The zero-order valence-corrected chi connectivity index (χ0v) is 15.6. The van der Waals surface area contributed by atoms with Crippen molar-refractivity contribution < 1.29 is 14.3 Å². The lowest BCUT2D eigenvalue weighted by atomic mass is 10.0. The predicted molar refractivity (Wildman–Crippen MR) is 104 cm³/mol. The van der Waals surface area contributed by atoms with E-state index in [0.717, 1.165) is 12.8 Å². The topological polar surface area (TPSA) is 77.4 Å². The van der Waals surface area contributed by atoms with Gasteiger partial charge in [0.2, 0.25) is 0 Å². The van der Waals surface area contributed by atoms with Crippen molar-refractivity contribution in [1.82, 2.24) is 9.88 Å². The molecule has 1 heterocycles. The lowest BCUT2D eigenvalue weighted by molar-refractivity contribution is -0.123. The molecule has 0 radical (unpaired) electrons. The number of Topliss-reactive ketones (excluding diaryl/α,β-unsaturated/α-hetero) is 1. The summed E-state index contributed by atoms with van der Waals surface area (Å²) in [6.07, 6.45) is 4.19. The number of ketones is 1. The number of aromatic nitrogens is 1. The molecule has 0 unspecified atom stereocenters. The number of pyridine rings is 1. The molecule has 0 saturated heterocycles. The minimum atomic E-state index is -1.23. The van der Waals surface area contributed by atoms with Crippen LogP contribution in [-0.4, -0.2) is 36.0 Å². The summed E-state index contributed by atoms with van der Waals surface area (Å²) in [5.41, 5.74) is -0.0128. The quantitative estimate of drug-likeness (QED) is 0.375. The van der Waals surface area contributed by atoms with Gasteiger partial charge in [-0.3, -0.25) is 19.0 Å². The third-order valence-electron chi connectivity index (χ3n) is 4.09. The number of hydrogen-bond donors (Lipinski definition) is 1. The summed E-state index contributed by atoms with van der Waals surface area (Å²) in [6, 6.07) is 11.8. The van der Waals surface area contributed by atoms with Crippen LogP contribution in [0.1, 0.15) is 42.6 Å². The molecule has 6 nitrogen and oxygen atoms in total. The Hall–Kier alpha value is -2.73. The third kappa shape index (κ3) is 6.18. The lowest BCUT2D eigenvalue weighted by Gasteiger charge is -2.18. The number of amides is 1. The van der Waals surface area contributed by atoms with Gasteiger partial charge < -0.3 is 10.1 Å². The van der Waals surface area contributed by atoms with E-state index in [-0.39, 0.29) is 0 Å². The molecule has 2 aromatic rings. The van der Waals surface area contributed by atoms with E-state index < -0.39 is 23.3 Å². The SMILES string of the molecule is CCCCOCCCNC(=O)[C@@H](C(=O)c1ccccc1)n1ccccc1=O. The number of carbonyl (C=O) groups is 2. The van der Waals surface area contributed by atoms with E-state index in [2.05, 4.69) is 12.2 Å². The standard InChI is InChI=1S/C21H26N2O4/c1-2-3-15-27-16-9-13-22-21(26)19(23-14-8-7-12-18(23)24)20(25)17-10-5-4-6-11-17/h4-8,10-12,14,19H,2-3,9,13,15-16H2,1H3,(H,22,26)/t19-/m1/s1. The van der Waals surface area contributed by atoms with Crippen LogP contribution in [0.3, 0.4) is 0 Å². The largest absolute Gasteiger partial charge is 0.381 e. The number of nitrogens with one attached hydrogen (secondary N) is 1. The Morgan fingerprint density at radius 1 is 1.04 bits per heavy atom. The second-order valence-electron chi connectivity index (χ2n) is 6.19. The molecule has 1 aromatic carbocycles. The summed E-state index contributed by atoms with van der Waals surface area (Å²) in [6.45, 7) is 3.73. The molecule has 0 bridgehead atoms. The van der Waals surface area contributed by atoms with E-state index in [0.29, 0.717) is 31.7 Å². The summed E-state index contributed by atoms with van der Waals surface area (Å²) in [4.78, 5) is 37.8. The number of carbonyl (C=O) groups excluding carboxylic acids is 2. The van der Waals surface area contributed by atoms with Gasteiger partial charge in [-0.25, -0.2) is 0 Å². The Balaban J connectivity index is 2.06. The summed E-state index contributed by atoms with van der Waals surface area (Å²) in [7, 11) is 0. The first-order chi connectivity index (χ1) is 13.1. The van der Waals surface area contributed by atoms with Crippen LogP contribution in [0.25, 0.3) is 0 Å². The molecule has 0 spiro atoms. The zero-order chi connectivity index (χ0) is 19.5. The minimum Gasteiger partial charge on any atom is -0.381 e. The highest BCUT2D eigenvalue weighted by molar-refractivity contribution is 6.11. The highest BCUT2D eigenvalue weighted by Gasteiger charge is 2.29. The maximum absolute atomic E-state index is 12.9. The summed E-state index contributed by atoms with van der Waals surface area (Å²) in [5.74, 6) is -0.911. The lowest BCUT2D eigenvalue weighted by Crippen LogP contribution is -2.41. The number of hydrogen-bond acceptors (Lipinski definition) is 4. The summed E-state index contributed by atoms with van der Waals surface area (Å²) >= 11 is 0. The normalized spacial score (nSPS) is 11.7. The number of ether oxygens (including phenoxy) is 1. The Labute approximate surface area is 159 Å². The van der Waals surface area contributed by atoms with Crippen LogP contribution in [0.5, 0.6) is 0 Å². The average molecular weight is 370 g/mol. The highest BCUT2D eigenvalue weighted by Crippen LogP contribution is 2.13. The van der Waals surface area contributed by atoms with Crippen LogP contribution in [0.15, 0.2) is 59.5 Å². The molecule has 0 fully saturated rings. The van der Waals surface area contributed by atoms with E-state index in [1.165, 1.54) is 16.8 Å². The number of nitrogens with zero attached hydrogens (tertiary/aromatic N) is 1. The highest BCUT2D eigenvalue weighted by atomic mass is 16.5. The van der Waals surface area contributed by atoms with E-state index in [1.54, 1.807) is 42.5 Å². The van der Waals surface area contributed by atoms with E-state index >= 15 is 0 Å². The van der Waals surface area contributed by atoms with Gasteiger partial charge in [-0.15, -0.1) is 0 Å². The van der Waals surface area contributed by atoms with Gasteiger partial charge in [0.15, 0.2) is 11.8 Å². The van der Waals surface area contributed by atoms with E-state index in [1.807, 2.05) is 0 Å². The van der Waals surface area contributed by atoms with Crippen LogP contribution in [-0.2, 0) is 9.53 Å². The first kappa shape index (κ1) is 20.6. The molecule has 1 amide bonds. The summed E-state index contributed by atoms with van der Waals surface area (Å²) in [5, 5.41) is 2.75. The van der Waals surface area contributed by atoms with Gasteiger partial charge in [-0.2, -0.15) is 0 Å². The Morgan fingerprint density at radius 2 is 1.74 bits per heavy atom. The van der Waals surface area contributed by atoms with Crippen molar-refractivity contribution in [2.24, 2.45) is 0 Å². The fraction of sp³-hybridized carbons (Fsp3) is 0.381. The molecular formula is C21H26N2O4. The van der Waals surface area contributed by atoms with E-state index in [4.69, 9.17) is 4.74 Å². The van der Waals surface area contributed by atoms with Crippen molar-refractivity contribution in [3.63, 3.8) is 0 Å². The number of unbranched alkanes of at least 4 members (excludes halogenated alkanes) is 1. The van der Waals surface area contributed by atoms with Gasteiger partial charge in [-0.05, 0) is 18.9 Å². The Bertz CT molecular complexity index is 786. The second-order valence-corrected chi connectivity index (χ2v) is 6.19. The molecule has 1 atom stereocenters. The molecule has 6 heteroatoms.